The molecule has 0 radical (unpaired) electrons. The van der Waals surface area contributed by atoms with E-state index in [1.165, 1.54) is 6.33 Å². The number of carbonyl (C=O) groups is 1. The molecule has 34 heavy (non-hydrogen) atoms. The minimum absolute atomic E-state index is 0.114. The summed E-state index contributed by atoms with van der Waals surface area (Å²) in [5, 5.41) is 3.73. The molecule has 0 aliphatic carbocycles. The number of benzene rings is 1. The quantitative estimate of drug-likeness (QED) is 0.400. The van der Waals surface area contributed by atoms with Crippen LogP contribution in [0.2, 0.25) is 0 Å². The maximum absolute atomic E-state index is 13.5. The highest BCUT2D eigenvalue weighted by atomic mass is 16.7. The summed E-state index contributed by atoms with van der Waals surface area (Å²) in [4.78, 5) is 45.2. The summed E-state index contributed by atoms with van der Waals surface area (Å²) in [5.74, 6) is -0.750. The van der Waals surface area contributed by atoms with Crippen LogP contribution < -0.4 is 15.7 Å². The van der Waals surface area contributed by atoms with Gasteiger partial charge < -0.3 is 14.9 Å². The molecule has 0 amide bonds. The van der Waals surface area contributed by atoms with Crippen molar-refractivity contribution in [2.45, 2.75) is 33.9 Å². The molecule has 1 N–H and O–H groups in total. The smallest absolute Gasteiger partial charge is 0.346 e. The van der Waals surface area contributed by atoms with E-state index in [-0.39, 0.29) is 24.4 Å². The number of pyridine rings is 2. The summed E-state index contributed by atoms with van der Waals surface area (Å²) in [5.41, 5.74) is 3.06. The van der Waals surface area contributed by atoms with Gasteiger partial charge in [-0.3, -0.25) is 9.78 Å². The van der Waals surface area contributed by atoms with E-state index < -0.39 is 11.5 Å². The predicted octanol–water partition coefficient (Wildman–Crippen LogP) is 3.22. The van der Waals surface area contributed by atoms with Crippen molar-refractivity contribution < 1.29 is 14.4 Å². The van der Waals surface area contributed by atoms with E-state index in [1.54, 1.807) is 26.2 Å². The van der Waals surface area contributed by atoms with Crippen molar-refractivity contribution in [2.24, 2.45) is 0 Å². The number of carbonyl (C=O) groups excluding carboxylic acids is 1. The lowest BCUT2D eigenvalue weighted by Gasteiger charge is -2.18. The number of anilines is 1. The van der Waals surface area contributed by atoms with Gasteiger partial charge in [0.05, 0.1) is 23.4 Å². The molecule has 0 atom stereocenters. The molecule has 9 nitrogen and oxygen atoms in total. The van der Waals surface area contributed by atoms with Crippen LogP contribution >= 0.6 is 0 Å². The first-order valence-electron chi connectivity index (χ1n) is 10.9. The van der Waals surface area contributed by atoms with Crippen LogP contribution in [0.15, 0.2) is 59.9 Å². The van der Waals surface area contributed by atoms with Crippen molar-refractivity contribution in [3.8, 4) is 0 Å². The van der Waals surface area contributed by atoms with Crippen LogP contribution in [0.1, 0.15) is 39.7 Å². The third-order valence-electron chi connectivity index (χ3n) is 5.19. The molecule has 0 unspecified atom stereocenters. The predicted molar refractivity (Wildman–Crippen MR) is 128 cm³/mol. The first-order chi connectivity index (χ1) is 16.5. The summed E-state index contributed by atoms with van der Waals surface area (Å²) in [7, 11) is 0. The van der Waals surface area contributed by atoms with Gasteiger partial charge in [-0.15, -0.1) is 4.73 Å². The first kappa shape index (κ1) is 22.9. The van der Waals surface area contributed by atoms with Crippen molar-refractivity contribution in [1.82, 2.24) is 19.7 Å². The van der Waals surface area contributed by atoms with Gasteiger partial charge >= 0.3 is 11.5 Å². The molecule has 3 aromatic heterocycles. The van der Waals surface area contributed by atoms with Gasteiger partial charge in [0, 0.05) is 18.9 Å². The van der Waals surface area contributed by atoms with Crippen LogP contribution in [-0.4, -0.2) is 32.3 Å². The second-order valence-corrected chi connectivity index (χ2v) is 7.71. The molecule has 0 spiro atoms. The van der Waals surface area contributed by atoms with Gasteiger partial charge in [-0.05, 0) is 37.5 Å². The van der Waals surface area contributed by atoms with Crippen LogP contribution in [0, 0.1) is 13.8 Å². The second kappa shape index (κ2) is 10.1. The number of fused-ring (bicyclic) bond motifs is 1. The molecule has 4 rings (SSSR count). The van der Waals surface area contributed by atoms with Gasteiger partial charge in [0.1, 0.15) is 12.9 Å². The van der Waals surface area contributed by atoms with Crippen LogP contribution in [0.25, 0.3) is 11.0 Å². The Morgan fingerprint density at radius 3 is 2.62 bits per heavy atom. The lowest BCUT2D eigenvalue weighted by atomic mass is 10.1. The largest absolute Gasteiger partial charge is 0.462 e. The van der Waals surface area contributed by atoms with Gasteiger partial charge in [0.2, 0.25) is 0 Å². The highest BCUT2D eigenvalue weighted by Gasteiger charge is 2.26. The summed E-state index contributed by atoms with van der Waals surface area (Å²) < 4.78 is 6.27. The highest BCUT2D eigenvalue weighted by molar-refractivity contribution is 6.04. The van der Waals surface area contributed by atoms with Gasteiger partial charge in [-0.2, -0.15) is 0 Å². The Bertz CT molecular complexity index is 1390. The number of hydrogen-bond donors (Lipinski definition) is 1. The van der Waals surface area contributed by atoms with Gasteiger partial charge in [-0.1, -0.05) is 36.4 Å². The molecular weight excluding hydrogens is 434 g/mol. The molecule has 3 heterocycles. The Hall–Kier alpha value is -4.27. The zero-order valence-electron chi connectivity index (χ0n) is 19.2. The lowest BCUT2D eigenvalue weighted by Crippen LogP contribution is -2.34. The fourth-order valence-electron chi connectivity index (χ4n) is 3.64. The van der Waals surface area contributed by atoms with E-state index in [1.807, 2.05) is 43.3 Å². The number of nitrogens with zero attached hydrogens (tertiary/aromatic N) is 4. The molecule has 0 saturated carbocycles. The Kier molecular flexibility index (Phi) is 6.82. The SMILES string of the molecule is CCOC(=O)c1c(NCc2cncc(C)c2)c2c(C)ncnc2n(OCc2ccccc2)c1=O. The Balaban J connectivity index is 1.86. The summed E-state index contributed by atoms with van der Waals surface area (Å²) in [6.07, 6.45) is 4.84. The molecule has 4 aromatic rings. The maximum atomic E-state index is 13.5. The van der Waals surface area contributed by atoms with E-state index in [0.29, 0.717) is 23.3 Å². The number of ether oxygens (including phenoxy) is 1. The molecule has 0 aliphatic rings. The average molecular weight is 460 g/mol. The van der Waals surface area contributed by atoms with Crippen LogP contribution in [0.5, 0.6) is 0 Å². The zero-order valence-corrected chi connectivity index (χ0v) is 19.2. The molecule has 0 bridgehead atoms. The molecule has 0 aliphatic heterocycles. The third-order valence-corrected chi connectivity index (χ3v) is 5.19. The molecule has 0 saturated heterocycles. The lowest BCUT2D eigenvalue weighted by molar-refractivity contribution is 0.0513. The van der Waals surface area contributed by atoms with Crippen LogP contribution in [0.3, 0.4) is 0 Å². The zero-order chi connectivity index (χ0) is 24.1. The standard InChI is InChI=1S/C25H25N5O4/c1-4-33-25(32)21-22(27-13-19-10-16(2)11-26-12-19)20-17(3)28-15-29-23(20)30(24(21)31)34-14-18-8-6-5-7-9-18/h5-12,15,27H,4,13-14H2,1-3H3. The third kappa shape index (κ3) is 4.73. The number of rotatable bonds is 8. The Labute approximate surface area is 196 Å². The first-order valence-corrected chi connectivity index (χ1v) is 10.9. The molecule has 1 aromatic carbocycles. The monoisotopic (exact) mass is 459 g/mol. The summed E-state index contributed by atoms with van der Waals surface area (Å²) in [6, 6.07) is 11.4. The number of aromatic nitrogens is 4. The summed E-state index contributed by atoms with van der Waals surface area (Å²) in [6.45, 7) is 5.97. The van der Waals surface area contributed by atoms with E-state index in [0.717, 1.165) is 21.4 Å². The van der Waals surface area contributed by atoms with Gasteiger partial charge in [0.25, 0.3) is 0 Å². The fraction of sp³-hybridized carbons (Fsp3) is 0.240. The number of esters is 1. The molecular formula is C25H25N5O4. The number of hydrogen-bond acceptors (Lipinski definition) is 8. The van der Waals surface area contributed by atoms with Crippen molar-refractivity contribution in [1.29, 1.82) is 0 Å². The number of nitrogens with one attached hydrogen (secondary N) is 1. The Morgan fingerprint density at radius 2 is 1.88 bits per heavy atom. The molecule has 9 heteroatoms. The van der Waals surface area contributed by atoms with E-state index >= 15 is 0 Å². The minimum Gasteiger partial charge on any atom is -0.462 e. The van der Waals surface area contributed by atoms with Crippen molar-refractivity contribution >= 4 is 22.7 Å². The second-order valence-electron chi connectivity index (χ2n) is 7.71. The van der Waals surface area contributed by atoms with Crippen molar-refractivity contribution in [2.75, 3.05) is 11.9 Å². The molecule has 174 valence electrons. The van der Waals surface area contributed by atoms with Crippen LogP contribution in [-0.2, 0) is 17.9 Å². The Morgan fingerprint density at radius 1 is 1.09 bits per heavy atom. The van der Waals surface area contributed by atoms with Crippen molar-refractivity contribution in [3.05, 3.63) is 93.4 Å². The van der Waals surface area contributed by atoms with Gasteiger partial charge in [-0.25, -0.2) is 14.8 Å². The minimum atomic E-state index is -0.750. The van der Waals surface area contributed by atoms with E-state index in [4.69, 9.17) is 9.57 Å². The number of aryl methyl sites for hydroxylation is 2. The average Bonchev–Trinajstić information content (AvgIpc) is 2.83. The molecule has 0 fully saturated rings. The van der Waals surface area contributed by atoms with Crippen molar-refractivity contribution in [3.63, 3.8) is 0 Å². The maximum Gasteiger partial charge on any atom is 0.346 e. The van der Waals surface area contributed by atoms with Gasteiger partial charge in [0.15, 0.2) is 11.2 Å². The normalized spacial score (nSPS) is 10.8. The topological polar surface area (TPSA) is 108 Å². The van der Waals surface area contributed by atoms with E-state index in [9.17, 15) is 9.59 Å². The summed E-state index contributed by atoms with van der Waals surface area (Å²) >= 11 is 0. The fourth-order valence-corrected chi connectivity index (χ4v) is 3.64. The van der Waals surface area contributed by atoms with E-state index in [2.05, 4.69) is 20.3 Å². The highest BCUT2D eigenvalue weighted by Crippen LogP contribution is 2.27. The van der Waals surface area contributed by atoms with Crippen LogP contribution in [0.4, 0.5) is 5.69 Å².